The first kappa shape index (κ1) is 42.1. The largest absolute Gasteiger partial charge is 0.355 e. The molecule has 0 amide bonds. The summed E-state index contributed by atoms with van der Waals surface area (Å²) in [6, 6.07) is 67.0. The Kier molecular flexibility index (Phi) is 9.22. The van der Waals surface area contributed by atoms with E-state index in [0.717, 1.165) is 61.5 Å². The number of ketones is 2. The number of aromatic nitrogens is 3. The number of carbonyl (C=O) groups is 2. The quantitative estimate of drug-likeness (QED) is 0.180. The normalized spacial score (nSPS) is 27.8. The zero-order chi connectivity index (χ0) is 48.1. The van der Waals surface area contributed by atoms with Gasteiger partial charge in [0.25, 0.3) is 0 Å². The molecule has 0 bridgehead atoms. The monoisotopic (exact) mass is 947 g/mol. The van der Waals surface area contributed by atoms with Gasteiger partial charge in [-0.1, -0.05) is 133 Å². The van der Waals surface area contributed by atoms with Gasteiger partial charge in [-0.15, -0.1) is 0 Å². The van der Waals surface area contributed by atoms with E-state index in [1.165, 1.54) is 82.2 Å². The van der Waals surface area contributed by atoms with Gasteiger partial charge in [-0.05, 0) is 156 Å². The zero-order valence-electron chi connectivity index (χ0n) is 40.9. The predicted octanol–water partition coefficient (Wildman–Crippen LogP) is 16.4. The Bertz CT molecular complexity index is 3950. The summed E-state index contributed by atoms with van der Waals surface area (Å²) in [5, 5.41) is 7.52. The summed E-state index contributed by atoms with van der Waals surface area (Å²) in [7, 11) is 0. The van der Waals surface area contributed by atoms with Gasteiger partial charge in [0, 0.05) is 101 Å². The standard InChI is InChI=1S/C68H57N3O2/c72-67-56-35-44(71-63-29-21-40(38-11-3-1-4-12-38)31-54(63)55-32-41(22-30-64(55)71)39-13-5-2-6-14-39)23-26-46(56)52-36-53-51-28-27-45(42-19-24-49-47-15-7-9-17-59(47)69-61(49)33-42)65(66(51)68(73)58(53)37-57(52)67)43-20-25-50-48-16-8-10-18-60(48)70-62(50)34-43/h1-22,24-25,29-34,44-46,51-53,56-58,65-66,69-70H,23,26-28,35-37H2. The van der Waals surface area contributed by atoms with Crippen molar-refractivity contribution in [2.45, 2.75) is 62.8 Å². The molecule has 5 nitrogen and oxygen atoms in total. The zero-order valence-corrected chi connectivity index (χ0v) is 40.9. The molecule has 5 aliphatic carbocycles. The lowest BCUT2D eigenvalue weighted by atomic mass is 9.60. The Labute approximate surface area is 424 Å². The topological polar surface area (TPSA) is 70.7 Å². The highest BCUT2D eigenvalue weighted by Crippen LogP contribution is 2.65. The Morgan fingerprint density at radius 3 is 1.51 bits per heavy atom. The molecule has 11 atom stereocenters. The van der Waals surface area contributed by atoms with E-state index >= 15 is 9.59 Å². The highest BCUT2D eigenvalue weighted by Gasteiger charge is 2.63. The van der Waals surface area contributed by atoms with Gasteiger partial charge in [0.15, 0.2) is 0 Å². The van der Waals surface area contributed by atoms with Gasteiger partial charge in [0.05, 0.1) is 0 Å². The number of H-pyrrole nitrogens is 2. The second kappa shape index (κ2) is 16.0. The minimum atomic E-state index is -0.0606. The Hall–Kier alpha value is -7.50. The molecule has 5 heteroatoms. The summed E-state index contributed by atoms with van der Waals surface area (Å²) < 4.78 is 2.62. The number of benzene rings is 8. The van der Waals surface area contributed by atoms with Gasteiger partial charge < -0.3 is 14.5 Å². The fourth-order valence-corrected chi connectivity index (χ4v) is 16.8. The molecule has 0 saturated heterocycles. The van der Waals surface area contributed by atoms with Crippen LogP contribution >= 0.6 is 0 Å². The Morgan fingerprint density at radius 1 is 0.342 bits per heavy atom. The molecule has 2 N–H and O–H groups in total. The van der Waals surface area contributed by atoms with Crippen LogP contribution in [0, 0.1) is 47.3 Å². The molecule has 5 saturated carbocycles. The average Bonchev–Trinajstić information content (AvgIpc) is 4.26. The first-order valence-corrected chi connectivity index (χ1v) is 27.3. The van der Waals surface area contributed by atoms with Gasteiger partial charge in [-0.25, -0.2) is 0 Å². The number of nitrogens with zero attached hydrogens (tertiary/aromatic N) is 1. The summed E-state index contributed by atoms with van der Waals surface area (Å²) in [6.07, 6.45) is 6.90. The van der Waals surface area contributed by atoms with Gasteiger partial charge in [-0.2, -0.15) is 0 Å². The van der Waals surface area contributed by atoms with Crippen LogP contribution in [0.1, 0.15) is 74.0 Å². The van der Waals surface area contributed by atoms with Crippen molar-refractivity contribution in [3.63, 3.8) is 0 Å². The maximum atomic E-state index is 15.6. The van der Waals surface area contributed by atoms with E-state index < -0.39 is 0 Å². The number of aromatic amines is 2. The SMILES string of the molecule is O=C1C2CC(n3c4ccc(-c5ccccc5)cc4c4cc(-c5ccccc5)ccc43)CCC2C2CC3C(CC12)C(=O)C1C3CCC(c2ccc3c(c2)[nH]c2ccccc23)C1c1ccc2c(c1)[nH]c1ccccc12. The number of hydrogen-bond donors (Lipinski definition) is 2. The second-order valence-corrected chi connectivity index (χ2v) is 23.0. The lowest BCUT2D eigenvalue weighted by Crippen LogP contribution is -2.36. The van der Waals surface area contributed by atoms with Crippen LogP contribution in [0.5, 0.6) is 0 Å². The molecular weight excluding hydrogens is 891 g/mol. The smallest absolute Gasteiger partial charge is 0.140 e. The van der Waals surface area contributed by atoms with Crippen LogP contribution in [0.2, 0.25) is 0 Å². The molecule has 0 aliphatic heterocycles. The van der Waals surface area contributed by atoms with Crippen LogP contribution in [0.15, 0.2) is 182 Å². The van der Waals surface area contributed by atoms with Crippen molar-refractivity contribution < 1.29 is 9.59 Å². The molecule has 11 aromatic rings. The molecule has 5 fully saturated rings. The minimum absolute atomic E-state index is 0.0134. The third-order valence-electron chi connectivity index (χ3n) is 19.8. The Morgan fingerprint density at radius 2 is 0.863 bits per heavy atom. The number of Topliss-reactive ketones (excluding diaryl/α,β-unsaturated/α-hetero) is 2. The molecular formula is C68H57N3O2. The fraction of sp³-hybridized carbons (Fsp3) is 0.265. The van der Waals surface area contributed by atoms with E-state index in [0.29, 0.717) is 35.2 Å². The first-order valence-electron chi connectivity index (χ1n) is 27.3. The summed E-state index contributed by atoms with van der Waals surface area (Å²) in [6.45, 7) is 0. The highest BCUT2D eigenvalue weighted by molar-refractivity contribution is 6.11. The third kappa shape index (κ3) is 6.27. The van der Waals surface area contributed by atoms with E-state index in [-0.39, 0.29) is 41.5 Å². The summed E-state index contributed by atoms with van der Waals surface area (Å²) >= 11 is 0. The van der Waals surface area contributed by atoms with Crippen molar-refractivity contribution in [1.29, 1.82) is 0 Å². The molecule has 0 spiro atoms. The molecule has 0 radical (unpaired) electrons. The van der Waals surface area contributed by atoms with Crippen LogP contribution in [0.4, 0.5) is 0 Å². The van der Waals surface area contributed by atoms with E-state index in [2.05, 4.69) is 197 Å². The first-order chi connectivity index (χ1) is 36.0. The van der Waals surface area contributed by atoms with Crippen LogP contribution in [-0.2, 0) is 9.59 Å². The number of hydrogen-bond acceptors (Lipinski definition) is 2. The van der Waals surface area contributed by atoms with Gasteiger partial charge in [0.2, 0.25) is 0 Å². The number of fused-ring (bicyclic) bond motifs is 15. The van der Waals surface area contributed by atoms with Crippen LogP contribution in [0.25, 0.3) is 87.7 Å². The lowest BCUT2D eigenvalue weighted by Gasteiger charge is -2.43. The van der Waals surface area contributed by atoms with Crippen LogP contribution in [-0.4, -0.2) is 26.1 Å². The fourth-order valence-electron chi connectivity index (χ4n) is 16.8. The summed E-state index contributed by atoms with van der Waals surface area (Å²) in [4.78, 5) is 38.3. The average molecular weight is 948 g/mol. The van der Waals surface area contributed by atoms with Gasteiger partial charge >= 0.3 is 0 Å². The van der Waals surface area contributed by atoms with Crippen molar-refractivity contribution in [3.05, 3.63) is 193 Å². The van der Waals surface area contributed by atoms with Crippen molar-refractivity contribution in [2.75, 3.05) is 0 Å². The molecule has 11 unspecified atom stereocenters. The van der Waals surface area contributed by atoms with E-state index in [1.807, 2.05) is 0 Å². The van der Waals surface area contributed by atoms with Crippen molar-refractivity contribution >= 4 is 77.0 Å². The van der Waals surface area contributed by atoms with E-state index in [1.54, 1.807) is 0 Å². The lowest BCUT2D eigenvalue weighted by molar-refractivity contribution is -0.129. The molecule has 16 rings (SSSR count). The molecule has 356 valence electrons. The van der Waals surface area contributed by atoms with Crippen LogP contribution in [0.3, 0.4) is 0 Å². The maximum absolute atomic E-state index is 15.6. The number of para-hydroxylation sites is 2. The minimum Gasteiger partial charge on any atom is -0.355 e. The number of rotatable bonds is 5. The Balaban J connectivity index is 0.730. The molecule has 73 heavy (non-hydrogen) atoms. The maximum Gasteiger partial charge on any atom is 0.140 e. The van der Waals surface area contributed by atoms with E-state index in [9.17, 15) is 0 Å². The van der Waals surface area contributed by atoms with Crippen molar-refractivity contribution in [3.8, 4) is 22.3 Å². The van der Waals surface area contributed by atoms with Gasteiger partial charge in [-0.3, -0.25) is 9.59 Å². The third-order valence-corrected chi connectivity index (χ3v) is 19.8. The number of carbonyl (C=O) groups excluding carboxylic acids is 2. The second-order valence-electron chi connectivity index (χ2n) is 23.0. The van der Waals surface area contributed by atoms with Crippen molar-refractivity contribution in [2.24, 2.45) is 47.3 Å². The molecule has 5 aliphatic rings. The van der Waals surface area contributed by atoms with Crippen molar-refractivity contribution in [1.82, 2.24) is 14.5 Å². The predicted molar refractivity (Wildman–Crippen MR) is 297 cm³/mol. The molecule has 3 aromatic heterocycles. The summed E-state index contributed by atoms with van der Waals surface area (Å²) in [5.41, 5.74) is 14.6. The molecule has 3 heterocycles. The molecule has 8 aromatic carbocycles. The van der Waals surface area contributed by atoms with Crippen LogP contribution < -0.4 is 0 Å². The summed E-state index contributed by atoms with van der Waals surface area (Å²) in [5.74, 6) is 2.55. The van der Waals surface area contributed by atoms with E-state index in [4.69, 9.17) is 0 Å². The number of nitrogens with one attached hydrogen (secondary N) is 2. The highest BCUT2D eigenvalue weighted by atomic mass is 16.1. The van der Waals surface area contributed by atoms with Gasteiger partial charge in [0.1, 0.15) is 11.6 Å².